The maximum atomic E-state index is 14.0. The first-order chi connectivity index (χ1) is 27.6. The number of nitrogens with one attached hydrogen (secondary N) is 3. The van der Waals surface area contributed by atoms with Crippen molar-refractivity contribution in [2.45, 2.75) is 104 Å². The molecule has 0 radical (unpaired) electrons. The van der Waals surface area contributed by atoms with E-state index in [4.69, 9.17) is 24.2 Å². The fraction of sp³-hybridized carbons (Fsp3) is 0.523. The van der Waals surface area contributed by atoms with Crippen LogP contribution in [0.3, 0.4) is 0 Å². The van der Waals surface area contributed by atoms with Crippen LogP contribution in [-0.2, 0) is 39.3 Å². The van der Waals surface area contributed by atoms with Gasteiger partial charge >= 0.3 is 12.2 Å². The van der Waals surface area contributed by atoms with E-state index in [1.807, 2.05) is 25.7 Å². The highest BCUT2D eigenvalue weighted by atomic mass is 16.5. The van der Waals surface area contributed by atoms with Crippen LogP contribution in [-0.4, -0.2) is 92.4 Å². The lowest BCUT2D eigenvalue weighted by atomic mass is 9.70. The number of amides is 3. The van der Waals surface area contributed by atoms with Crippen LogP contribution in [0, 0.1) is 17.3 Å². The molecule has 3 amide bonds. The van der Waals surface area contributed by atoms with E-state index < -0.39 is 29.2 Å². The minimum Gasteiger partial charge on any atom is -0.488 e. The molecule has 8 rings (SSSR count). The Balaban J connectivity index is 1.07. The molecule has 0 bridgehead atoms. The molecule has 5 atom stereocenters. The quantitative estimate of drug-likeness (QED) is 0.141. The number of benzene rings is 2. The summed E-state index contributed by atoms with van der Waals surface area (Å²) < 4.78 is 16.7. The third-order valence-electron chi connectivity index (χ3n) is 12.9. The zero-order valence-corrected chi connectivity index (χ0v) is 34.7. The second kappa shape index (κ2) is 14.8. The molecular weight excluding hydrogens is 739 g/mol. The van der Waals surface area contributed by atoms with Crippen molar-refractivity contribution < 1.29 is 33.7 Å². The Bertz CT molecular complexity index is 2260. The van der Waals surface area contributed by atoms with Gasteiger partial charge in [-0.2, -0.15) is 0 Å². The number of carbonyl (C=O) groups excluding carboxylic acids is 2. The van der Waals surface area contributed by atoms with Gasteiger partial charge in [-0.05, 0) is 90.8 Å². The van der Waals surface area contributed by atoms with Crippen molar-refractivity contribution in [3.8, 4) is 39.4 Å². The van der Waals surface area contributed by atoms with E-state index in [0.717, 1.165) is 82.2 Å². The molecule has 4 N–H and O–H groups in total. The van der Waals surface area contributed by atoms with Crippen LogP contribution < -0.4 is 10.1 Å². The number of hydrogen-bond acceptors (Lipinski definition) is 8. The largest absolute Gasteiger partial charge is 0.488 e. The average molecular weight is 794 g/mol. The van der Waals surface area contributed by atoms with Gasteiger partial charge in [0.15, 0.2) is 0 Å². The number of rotatable bonds is 8. The third kappa shape index (κ3) is 6.49. The average Bonchev–Trinajstić information content (AvgIpc) is 4.00. The van der Waals surface area contributed by atoms with Crippen LogP contribution in [0.1, 0.15) is 95.3 Å². The lowest BCUT2D eigenvalue weighted by molar-refractivity contribution is -0.137. The van der Waals surface area contributed by atoms with E-state index in [1.165, 1.54) is 12.7 Å². The molecule has 5 heterocycles. The molecule has 58 heavy (non-hydrogen) atoms. The second-order valence-corrected chi connectivity index (χ2v) is 17.8. The van der Waals surface area contributed by atoms with E-state index in [9.17, 15) is 19.5 Å². The Kier molecular flexibility index (Phi) is 10.1. The number of hydrogen-bond donors (Lipinski definition) is 4. The molecule has 14 heteroatoms. The van der Waals surface area contributed by atoms with Gasteiger partial charge in [-0.25, -0.2) is 19.6 Å². The lowest BCUT2D eigenvalue weighted by Crippen LogP contribution is -2.53. The number of ether oxygens (including phenoxy) is 3. The number of aromatic amines is 2. The molecule has 1 aliphatic carbocycles. The van der Waals surface area contributed by atoms with E-state index in [0.29, 0.717) is 32.0 Å². The van der Waals surface area contributed by atoms with Gasteiger partial charge in [0.05, 0.1) is 37.3 Å². The number of nitrogens with zero attached hydrogens (tertiary/aromatic N) is 4. The number of likely N-dealkylation sites (tertiary alicyclic amines) is 2. The molecule has 4 aliphatic rings. The number of H-pyrrole nitrogens is 2. The molecule has 0 saturated carbocycles. The van der Waals surface area contributed by atoms with Crippen molar-refractivity contribution in [3.63, 3.8) is 0 Å². The van der Waals surface area contributed by atoms with Gasteiger partial charge in [-0.3, -0.25) is 9.69 Å². The Morgan fingerprint density at radius 2 is 1.84 bits per heavy atom. The van der Waals surface area contributed by atoms with Crippen molar-refractivity contribution in [1.82, 2.24) is 35.1 Å². The summed E-state index contributed by atoms with van der Waals surface area (Å²) in [4.78, 5) is 59.4. The number of aryl methyl sites for hydroxylation is 2. The Hall–Kier alpha value is -5.37. The summed E-state index contributed by atoms with van der Waals surface area (Å²) in [6.45, 7) is 13.3. The molecule has 2 fully saturated rings. The van der Waals surface area contributed by atoms with E-state index >= 15 is 0 Å². The zero-order valence-electron chi connectivity index (χ0n) is 34.7. The highest BCUT2D eigenvalue weighted by Crippen LogP contribution is 2.53. The topological polar surface area (TPSA) is 175 Å². The van der Waals surface area contributed by atoms with Gasteiger partial charge in [-0.1, -0.05) is 46.8 Å². The van der Waals surface area contributed by atoms with Gasteiger partial charge in [0.1, 0.15) is 35.6 Å². The highest BCUT2D eigenvalue weighted by molar-refractivity contribution is 5.87. The predicted octanol–water partition coefficient (Wildman–Crippen LogP) is 7.45. The summed E-state index contributed by atoms with van der Waals surface area (Å²) in [5.74, 6) is 2.00. The summed E-state index contributed by atoms with van der Waals surface area (Å²) in [6, 6.07) is 9.75. The number of alkyl carbamates (subject to hydrolysis) is 1. The molecular formula is C44H55N7O7. The van der Waals surface area contributed by atoms with Crippen molar-refractivity contribution in [3.05, 3.63) is 65.0 Å². The maximum absolute atomic E-state index is 14.0. The first-order valence-electron chi connectivity index (χ1n) is 20.4. The van der Waals surface area contributed by atoms with Crippen LogP contribution in [0.2, 0.25) is 0 Å². The third-order valence-corrected chi connectivity index (χ3v) is 12.9. The van der Waals surface area contributed by atoms with Gasteiger partial charge in [0.25, 0.3) is 0 Å². The maximum Gasteiger partial charge on any atom is 0.408 e. The summed E-state index contributed by atoms with van der Waals surface area (Å²) in [7, 11) is 2.95. The molecule has 2 saturated heterocycles. The summed E-state index contributed by atoms with van der Waals surface area (Å²) in [6.07, 6.45) is 4.06. The number of methoxy groups -OCH3 is 2. The fourth-order valence-corrected chi connectivity index (χ4v) is 9.98. The summed E-state index contributed by atoms with van der Waals surface area (Å²) in [5, 5.41) is 13.1. The summed E-state index contributed by atoms with van der Waals surface area (Å²) >= 11 is 0. The van der Waals surface area contributed by atoms with Crippen LogP contribution in [0.25, 0.3) is 33.6 Å². The number of imidazole rings is 2. The predicted molar refractivity (Wildman–Crippen MR) is 217 cm³/mol. The molecule has 2 aromatic carbocycles. The van der Waals surface area contributed by atoms with Gasteiger partial charge in [0, 0.05) is 42.4 Å². The van der Waals surface area contributed by atoms with Gasteiger partial charge < -0.3 is 39.5 Å². The van der Waals surface area contributed by atoms with Crippen LogP contribution in [0.15, 0.2) is 36.5 Å². The van der Waals surface area contributed by atoms with Crippen molar-refractivity contribution >= 4 is 18.1 Å². The first-order valence-corrected chi connectivity index (χ1v) is 20.4. The molecule has 2 aromatic heterocycles. The normalized spacial score (nSPS) is 22.8. The van der Waals surface area contributed by atoms with Crippen molar-refractivity contribution in [1.29, 1.82) is 0 Å². The second-order valence-electron chi connectivity index (χ2n) is 17.8. The Morgan fingerprint density at radius 1 is 1.05 bits per heavy atom. The smallest absolute Gasteiger partial charge is 0.408 e. The van der Waals surface area contributed by atoms with Gasteiger partial charge in [0.2, 0.25) is 5.91 Å². The van der Waals surface area contributed by atoms with Crippen molar-refractivity contribution in [2.24, 2.45) is 17.3 Å². The van der Waals surface area contributed by atoms with Crippen LogP contribution in [0.5, 0.6) is 5.75 Å². The molecule has 3 aliphatic heterocycles. The van der Waals surface area contributed by atoms with E-state index in [1.54, 1.807) is 18.2 Å². The number of carboxylic acid groups (broad SMARTS) is 1. The molecule has 4 aromatic rings. The summed E-state index contributed by atoms with van der Waals surface area (Å²) in [5.41, 5.74) is 7.84. The molecule has 14 nitrogen and oxygen atoms in total. The molecule has 0 spiro atoms. The Labute approximate surface area is 339 Å². The lowest BCUT2D eigenvalue weighted by Gasteiger charge is -2.45. The monoisotopic (exact) mass is 793 g/mol. The number of fused-ring (bicyclic) bond motifs is 6. The fourth-order valence-electron chi connectivity index (χ4n) is 9.98. The molecule has 0 unspecified atom stereocenters. The standard InChI is InChI=1S/C44H55N7O7/c1-23(2)36(49-41(53)57-8)39(52)51-24(3)9-14-34(51)38-46-32-13-11-26-16-31-29-12-10-27(15-28(29)22-58-35(31)17-30(26)37(32)48-38)33-19-45-40(47-33)44(43(4,5)6)18-25(21-56-7)20-50(44)42(54)55/h10,12,15-17,19,23-25,34,36H,9,11,13-14,18,20-22H2,1-8H3,(H,45,47)(H,46,48)(H,49,53)(H,54,55)/t24-,25-,34-,36-,44+/m0/s1. The van der Waals surface area contributed by atoms with Crippen LogP contribution >= 0.6 is 0 Å². The minimum absolute atomic E-state index is 0.00694. The number of carbonyl (C=O) groups is 3. The molecule has 308 valence electrons. The van der Waals surface area contributed by atoms with Crippen LogP contribution in [0.4, 0.5) is 9.59 Å². The van der Waals surface area contributed by atoms with E-state index in [-0.39, 0.29) is 29.8 Å². The minimum atomic E-state index is -0.963. The first kappa shape index (κ1) is 39.5. The number of aromatic nitrogens is 4. The van der Waals surface area contributed by atoms with Crippen molar-refractivity contribution in [2.75, 3.05) is 27.4 Å². The zero-order chi connectivity index (χ0) is 41.3. The van der Waals surface area contributed by atoms with Gasteiger partial charge in [-0.15, -0.1) is 0 Å². The van der Waals surface area contributed by atoms with E-state index in [2.05, 4.69) is 66.4 Å². The SMILES string of the molecule is COC[C@@H]1CN(C(=O)O)[C@](c2ncc(-c3ccc4c(c3)COc3cc5c(cc3-4)CCc3[nH]c([C@@H]4CC[C@H](C)N4C(=O)[C@@H](NC(=O)OC)C(C)C)nc3-5)[nH]2)(C(C)(C)C)C1. The Morgan fingerprint density at radius 3 is 2.55 bits per heavy atom. The highest BCUT2D eigenvalue weighted by Gasteiger charge is 2.58.